The van der Waals surface area contributed by atoms with Gasteiger partial charge < -0.3 is 5.73 Å². The topological polar surface area (TPSA) is 26.0 Å². The van der Waals surface area contributed by atoms with E-state index >= 15 is 0 Å². The standard InChI is InChI=1S/C17H20FN/c1-12(2)13-3-5-14(6-4-13)17(11-19)15-7-9-16(18)10-8-15/h3-10,12,17H,11,19H2,1-2H3. The molecule has 0 bridgehead atoms. The summed E-state index contributed by atoms with van der Waals surface area (Å²) in [5.41, 5.74) is 9.43. The van der Waals surface area contributed by atoms with Crippen molar-refractivity contribution in [2.75, 3.05) is 6.54 Å². The molecule has 100 valence electrons. The van der Waals surface area contributed by atoms with E-state index in [1.54, 1.807) is 0 Å². The number of halogens is 1. The Balaban J connectivity index is 2.28. The highest BCUT2D eigenvalue weighted by molar-refractivity contribution is 5.35. The highest BCUT2D eigenvalue weighted by Crippen LogP contribution is 2.25. The van der Waals surface area contributed by atoms with Crippen LogP contribution in [0.1, 0.15) is 42.4 Å². The second-order valence-corrected chi connectivity index (χ2v) is 5.16. The van der Waals surface area contributed by atoms with Crippen LogP contribution in [0.25, 0.3) is 0 Å². The molecule has 0 saturated heterocycles. The average molecular weight is 257 g/mol. The van der Waals surface area contributed by atoms with Crippen molar-refractivity contribution in [2.24, 2.45) is 5.73 Å². The van der Waals surface area contributed by atoms with E-state index in [9.17, 15) is 4.39 Å². The van der Waals surface area contributed by atoms with Crippen molar-refractivity contribution in [3.8, 4) is 0 Å². The van der Waals surface area contributed by atoms with Crippen LogP contribution >= 0.6 is 0 Å². The molecule has 2 heteroatoms. The van der Waals surface area contributed by atoms with Crippen LogP contribution in [0.2, 0.25) is 0 Å². The highest BCUT2D eigenvalue weighted by Gasteiger charge is 2.12. The molecule has 2 rings (SSSR count). The molecule has 0 amide bonds. The maximum atomic E-state index is 13.0. The van der Waals surface area contributed by atoms with Crippen LogP contribution in [0.5, 0.6) is 0 Å². The van der Waals surface area contributed by atoms with Crippen LogP contribution in [0, 0.1) is 5.82 Å². The zero-order valence-electron chi connectivity index (χ0n) is 11.4. The second kappa shape index (κ2) is 5.98. The molecule has 1 nitrogen and oxygen atoms in total. The lowest BCUT2D eigenvalue weighted by Gasteiger charge is -2.17. The first kappa shape index (κ1) is 13.8. The van der Waals surface area contributed by atoms with E-state index in [4.69, 9.17) is 5.73 Å². The van der Waals surface area contributed by atoms with Gasteiger partial charge in [0.15, 0.2) is 0 Å². The summed E-state index contributed by atoms with van der Waals surface area (Å²) in [6.45, 7) is 4.87. The Morgan fingerprint density at radius 3 is 1.68 bits per heavy atom. The molecule has 1 unspecified atom stereocenters. The Labute approximate surface area is 114 Å². The van der Waals surface area contributed by atoms with Crippen molar-refractivity contribution >= 4 is 0 Å². The summed E-state index contributed by atoms with van der Waals surface area (Å²) in [7, 11) is 0. The van der Waals surface area contributed by atoms with Crippen molar-refractivity contribution in [3.05, 3.63) is 71.0 Å². The molecule has 2 N–H and O–H groups in total. The van der Waals surface area contributed by atoms with Gasteiger partial charge in [0.05, 0.1) is 0 Å². The highest BCUT2D eigenvalue weighted by atomic mass is 19.1. The summed E-state index contributed by atoms with van der Waals surface area (Å²) >= 11 is 0. The van der Waals surface area contributed by atoms with Crippen molar-refractivity contribution in [1.29, 1.82) is 0 Å². The molecule has 0 heterocycles. The Hall–Kier alpha value is -1.67. The molecule has 2 aromatic rings. The summed E-state index contributed by atoms with van der Waals surface area (Å²) in [4.78, 5) is 0. The zero-order valence-corrected chi connectivity index (χ0v) is 11.4. The summed E-state index contributed by atoms with van der Waals surface area (Å²) in [6, 6.07) is 15.1. The fraction of sp³-hybridized carbons (Fsp3) is 0.294. The normalized spacial score (nSPS) is 12.7. The third-order valence-electron chi connectivity index (χ3n) is 3.51. The van der Waals surface area contributed by atoms with Gasteiger partial charge in [-0.15, -0.1) is 0 Å². The van der Waals surface area contributed by atoms with Gasteiger partial charge in [-0.1, -0.05) is 50.2 Å². The molecular formula is C17H20FN. The van der Waals surface area contributed by atoms with E-state index in [0.29, 0.717) is 12.5 Å². The molecule has 19 heavy (non-hydrogen) atoms. The Morgan fingerprint density at radius 2 is 1.26 bits per heavy atom. The van der Waals surface area contributed by atoms with Gasteiger partial charge in [-0.2, -0.15) is 0 Å². The van der Waals surface area contributed by atoms with Crippen LogP contribution in [0.3, 0.4) is 0 Å². The maximum Gasteiger partial charge on any atom is 0.123 e. The molecule has 0 aliphatic heterocycles. The van der Waals surface area contributed by atoms with Crippen LogP contribution < -0.4 is 5.73 Å². The summed E-state index contributed by atoms with van der Waals surface area (Å²) < 4.78 is 13.0. The van der Waals surface area contributed by atoms with Crippen LogP contribution in [0.15, 0.2) is 48.5 Å². The molecule has 0 radical (unpaired) electrons. The monoisotopic (exact) mass is 257 g/mol. The molecule has 1 atom stereocenters. The van der Waals surface area contributed by atoms with Gasteiger partial charge in [0.1, 0.15) is 5.82 Å². The lowest BCUT2D eigenvalue weighted by atomic mass is 9.90. The second-order valence-electron chi connectivity index (χ2n) is 5.16. The summed E-state index contributed by atoms with van der Waals surface area (Å²) in [5, 5.41) is 0. The van der Waals surface area contributed by atoms with E-state index in [-0.39, 0.29) is 11.7 Å². The molecule has 0 aliphatic carbocycles. The molecule has 2 aromatic carbocycles. The molecule has 0 fully saturated rings. The third kappa shape index (κ3) is 3.21. The first-order valence-electron chi connectivity index (χ1n) is 6.67. The van der Waals surface area contributed by atoms with Crippen molar-refractivity contribution in [3.63, 3.8) is 0 Å². The molecular weight excluding hydrogens is 237 g/mol. The van der Waals surface area contributed by atoms with Gasteiger partial charge in [-0.3, -0.25) is 0 Å². The Morgan fingerprint density at radius 1 is 0.842 bits per heavy atom. The molecule has 0 aliphatic rings. The van der Waals surface area contributed by atoms with E-state index in [1.807, 2.05) is 12.1 Å². The van der Waals surface area contributed by atoms with Crippen LogP contribution in [-0.2, 0) is 0 Å². The fourth-order valence-electron chi connectivity index (χ4n) is 2.27. The smallest absolute Gasteiger partial charge is 0.123 e. The predicted molar refractivity (Wildman–Crippen MR) is 77.8 cm³/mol. The maximum absolute atomic E-state index is 13.0. The molecule has 0 spiro atoms. The number of hydrogen-bond acceptors (Lipinski definition) is 1. The SMILES string of the molecule is CC(C)c1ccc(C(CN)c2ccc(F)cc2)cc1. The Bertz CT molecular complexity index is 514. The number of nitrogens with two attached hydrogens (primary N) is 1. The fourth-order valence-corrected chi connectivity index (χ4v) is 2.27. The minimum Gasteiger partial charge on any atom is -0.330 e. The minimum atomic E-state index is -0.213. The first-order chi connectivity index (χ1) is 9.11. The Kier molecular flexibility index (Phi) is 4.33. The number of benzene rings is 2. The van der Waals surface area contributed by atoms with Gasteiger partial charge in [0.2, 0.25) is 0 Å². The third-order valence-corrected chi connectivity index (χ3v) is 3.51. The van der Waals surface area contributed by atoms with Crippen molar-refractivity contribution in [1.82, 2.24) is 0 Å². The lowest BCUT2D eigenvalue weighted by Crippen LogP contribution is -2.13. The van der Waals surface area contributed by atoms with Crippen LogP contribution in [-0.4, -0.2) is 6.54 Å². The first-order valence-corrected chi connectivity index (χ1v) is 6.67. The van der Waals surface area contributed by atoms with E-state index in [2.05, 4.69) is 38.1 Å². The van der Waals surface area contributed by atoms with Gasteiger partial charge in [0.25, 0.3) is 0 Å². The van der Waals surface area contributed by atoms with Crippen molar-refractivity contribution < 1.29 is 4.39 Å². The number of hydrogen-bond donors (Lipinski definition) is 1. The zero-order chi connectivity index (χ0) is 13.8. The number of rotatable bonds is 4. The molecule has 0 saturated carbocycles. The van der Waals surface area contributed by atoms with Crippen LogP contribution in [0.4, 0.5) is 4.39 Å². The minimum absolute atomic E-state index is 0.127. The van der Waals surface area contributed by atoms with Gasteiger partial charge in [-0.25, -0.2) is 4.39 Å². The largest absolute Gasteiger partial charge is 0.330 e. The average Bonchev–Trinajstić information content (AvgIpc) is 2.42. The van der Waals surface area contributed by atoms with Crippen molar-refractivity contribution in [2.45, 2.75) is 25.7 Å². The summed E-state index contributed by atoms with van der Waals surface area (Å²) in [6.07, 6.45) is 0. The summed E-state index contributed by atoms with van der Waals surface area (Å²) in [5.74, 6) is 0.438. The van der Waals surface area contributed by atoms with Gasteiger partial charge >= 0.3 is 0 Å². The lowest BCUT2D eigenvalue weighted by molar-refractivity contribution is 0.626. The quantitative estimate of drug-likeness (QED) is 0.879. The van der Waals surface area contributed by atoms with E-state index in [0.717, 1.165) is 5.56 Å². The van der Waals surface area contributed by atoms with Gasteiger partial charge in [-0.05, 0) is 34.7 Å². The van der Waals surface area contributed by atoms with Gasteiger partial charge in [0, 0.05) is 12.5 Å². The molecule has 0 aromatic heterocycles. The van der Waals surface area contributed by atoms with E-state index in [1.165, 1.54) is 23.3 Å². The van der Waals surface area contributed by atoms with E-state index < -0.39 is 0 Å². The predicted octanol–water partition coefficient (Wildman–Crippen LogP) is 4.04.